The van der Waals surface area contributed by atoms with Crippen molar-refractivity contribution in [3.63, 3.8) is 0 Å². The molecule has 3 rings (SSSR count). The first kappa shape index (κ1) is 26.4. The van der Waals surface area contributed by atoms with Crippen molar-refractivity contribution < 1.29 is 22.7 Å². The van der Waals surface area contributed by atoms with Crippen LogP contribution in [-0.2, 0) is 19.6 Å². The van der Waals surface area contributed by atoms with Gasteiger partial charge in [0, 0.05) is 32.7 Å². The molecule has 0 radical (unpaired) electrons. The Morgan fingerprint density at radius 3 is 2.50 bits per heavy atom. The lowest BCUT2D eigenvalue weighted by Gasteiger charge is -2.35. The number of carbonyl (C=O) groups excluding carboxylic acids is 2. The Kier molecular flexibility index (Phi) is 8.95. The summed E-state index contributed by atoms with van der Waals surface area (Å²) in [7, 11) is -3.71. The molecular formula is C24H38N4O5S. The van der Waals surface area contributed by atoms with Crippen LogP contribution in [0.25, 0.3) is 0 Å². The number of carbonyl (C=O) groups is 2. The zero-order valence-corrected chi connectivity index (χ0v) is 21.6. The number of amides is 2. The van der Waals surface area contributed by atoms with Crippen molar-refractivity contribution in [2.45, 2.75) is 45.4 Å². The second kappa shape index (κ2) is 11.5. The minimum absolute atomic E-state index is 0.0728. The van der Waals surface area contributed by atoms with Crippen molar-refractivity contribution >= 4 is 27.5 Å². The molecule has 1 aromatic carbocycles. The van der Waals surface area contributed by atoms with E-state index >= 15 is 0 Å². The molecule has 190 valence electrons. The Labute approximate surface area is 203 Å². The van der Waals surface area contributed by atoms with Gasteiger partial charge in [-0.25, -0.2) is 8.42 Å². The highest BCUT2D eigenvalue weighted by atomic mass is 32.2. The molecule has 10 heteroatoms. The third kappa shape index (κ3) is 6.28. The molecule has 0 unspecified atom stereocenters. The molecule has 2 amide bonds. The molecule has 0 aromatic heterocycles. The van der Waals surface area contributed by atoms with Crippen LogP contribution in [0.4, 0.5) is 5.69 Å². The van der Waals surface area contributed by atoms with Crippen LogP contribution in [-0.4, -0.2) is 81.9 Å². The van der Waals surface area contributed by atoms with Gasteiger partial charge in [-0.1, -0.05) is 27.7 Å². The Balaban J connectivity index is 1.62. The average molecular weight is 495 g/mol. The van der Waals surface area contributed by atoms with Crippen molar-refractivity contribution in [1.29, 1.82) is 0 Å². The largest absolute Gasteiger partial charge is 0.482 e. The normalized spacial score (nSPS) is 21.3. The lowest BCUT2D eigenvalue weighted by Crippen LogP contribution is -2.46. The van der Waals surface area contributed by atoms with Crippen LogP contribution in [0.15, 0.2) is 23.1 Å². The number of nitrogens with one attached hydrogen (secondary N) is 1. The molecular weight excluding hydrogens is 456 g/mol. The first-order valence-corrected chi connectivity index (χ1v) is 13.7. The van der Waals surface area contributed by atoms with Crippen molar-refractivity contribution in [3.05, 3.63) is 18.2 Å². The monoisotopic (exact) mass is 494 g/mol. The highest BCUT2D eigenvalue weighted by Gasteiger charge is 2.30. The smallest absolute Gasteiger partial charge is 0.265 e. The van der Waals surface area contributed by atoms with E-state index in [0.717, 1.165) is 26.1 Å². The number of anilines is 1. The van der Waals surface area contributed by atoms with Gasteiger partial charge in [0.15, 0.2) is 6.61 Å². The van der Waals surface area contributed by atoms with Gasteiger partial charge in [0.05, 0.1) is 10.6 Å². The quantitative estimate of drug-likeness (QED) is 0.499. The van der Waals surface area contributed by atoms with E-state index < -0.39 is 10.0 Å². The predicted molar refractivity (Wildman–Crippen MR) is 131 cm³/mol. The highest BCUT2D eigenvalue weighted by Crippen LogP contribution is 2.34. The average Bonchev–Trinajstić information content (AvgIpc) is 2.78. The minimum Gasteiger partial charge on any atom is -0.482 e. The number of likely N-dealkylation sites (tertiary alicyclic amines) is 1. The van der Waals surface area contributed by atoms with Crippen molar-refractivity contribution in [2.24, 2.45) is 11.8 Å². The van der Waals surface area contributed by atoms with Gasteiger partial charge < -0.3 is 15.0 Å². The zero-order valence-electron chi connectivity index (χ0n) is 20.7. The van der Waals surface area contributed by atoms with E-state index in [4.69, 9.17) is 4.74 Å². The highest BCUT2D eigenvalue weighted by molar-refractivity contribution is 7.89. The molecule has 1 N–H and O–H groups in total. The molecule has 2 atom stereocenters. The first-order chi connectivity index (χ1) is 16.1. The fourth-order valence-electron chi connectivity index (χ4n) is 4.93. The van der Waals surface area contributed by atoms with Crippen LogP contribution in [0.3, 0.4) is 0 Å². The van der Waals surface area contributed by atoms with E-state index in [2.05, 4.69) is 24.1 Å². The van der Waals surface area contributed by atoms with Gasteiger partial charge in [-0.2, -0.15) is 4.31 Å². The molecule has 2 aliphatic heterocycles. The number of hydrogen-bond donors (Lipinski definition) is 1. The molecule has 2 aliphatic rings. The molecule has 2 heterocycles. The fraction of sp³-hybridized carbons (Fsp3) is 0.667. The number of nitrogens with zero attached hydrogens (tertiary/aromatic N) is 3. The van der Waals surface area contributed by atoms with E-state index in [-0.39, 0.29) is 29.9 Å². The predicted octanol–water partition coefficient (Wildman–Crippen LogP) is 1.93. The number of sulfonamides is 1. The molecule has 34 heavy (non-hydrogen) atoms. The second-order valence-electron chi connectivity index (χ2n) is 9.40. The number of benzene rings is 1. The Hall–Kier alpha value is -2.17. The van der Waals surface area contributed by atoms with E-state index in [1.54, 1.807) is 19.9 Å². The van der Waals surface area contributed by atoms with Gasteiger partial charge in [0.2, 0.25) is 15.9 Å². The van der Waals surface area contributed by atoms with Gasteiger partial charge in [-0.05, 0) is 49.4 Å². The fourth-order valence-corrected chi connectivity index (χ4v) is 6.41. The number of rotatable bonds is 10. The maximum Gasteiger partial charge on any atom is 0.265 e. The first-order valence-electron chi connectivity index (χ1n) is 12.2. The summed E-state index contributed by atoms with van der Waals surface area (Å²) < 4.78 is 32.7. The van der Waals surface area contributed by atoms with Crippen LogP contribution in [0.2, 0.25) is 0 Å². The van der Waals surface area contributed by atoms with E-state index in [0.29, 0.717) is 42.9 Å². The lowest BCUT2D eigenvalue weighted by atomic mass is 9.92. The third-order valence-corrected chi connectivity index (χ3v) is 8.48. The zero-order chi connectivity index (χ0) is 24.9. The number of ether oxygens (including phenoxy) is 1. The number of fused-ring (bicyclic) bond motifs is 1. The molecule has 0 bridgehead atoms. The van der Waals surface area contributed by atoms with Crippen molar-refractivity contribution in [1.82, 2.24) is 14.5 Å². The van der Waals surface area contributed by atoms with Gasteiger partial charge in [0.25, 0.3) is 5.91 Å². The van der Waals surface area contributed by atoms with Crippen molar-refractivity contribution in [2.75, 3.05) is 57.3 Å². The standard InChI is InChI=1S/C24H38N4O5S/c1-5-27(6-2)34(31,32)20-8-9-22-21(13-20)28(24(30)17-33-22)16-23(29)25-10-7-11-26-14-18(3)12-19(4)15-26/h8-9,13,18-19H,5-7,10-12,14-17H2,1-4H3,(H,25,29)/t18-,19-/m1/s1. The van der Waals surface area contributed by atoms with E-state index in [9.17, 15) is 18.0 Å². The van der Waals surface area contributed by atoms with Crippen LogP contribution in [0.1, 0.15) is 40.5 Å². The maximum atomic E-state index is 12.9. The molecule has 0 spiro atoms. The summed E-state index contributed by atoms with van der Waals surface area (Å²) in [5, 5.41) is 2.90. The van der Waals surface area contributed by atoms with Crippen LogP contribution in [0.5, 0.6) is 5.75 Å². The molecule has 0 aliphatic carbocycles. The third-order valence-electron chi connectivity index (χ3n) is 6.44. The summed E-state index contributed by atoms with van der Waals surface area (Å²) >= 11 is 0. The SMILES string of the molecule is CCN(CC)S(=O)(=O)c1ccc2c(c1)N(CC(=O)NCCCN1C[C@H](C)C[C@@H](C)C1)C(=O)CO2. The van der Waals surface area contributed by atoms with Gasteiger partial charge in [0.1, 0.15) is 12.3 Å². The summed E-state index contributed by atoms with van der Waals surface area (Å²) in [5.74, 6) is 1.12. The van der Waals surface area contributed by atoms with Gasteiger partial charge in [-0.3, -0.25) is 14.5 Å². The van der Waals surface area contributed by atoms with Crippen LogP contribution in [0, 0.1) is 11.8 Å². The topological polar surface area (TPSA) is 99.3 Å². The Bertz CT molecular complexity index is 970. The Morgan fingerprint density at radius 1 is 1.18 bits per heavy atom. The lowest BCUT2D eigenvalue weighted by molar-refractivity contribution is -0.125. The molecule has 0 saturated carbocycles. The van der Waals surface area contributed by atoms with E-state index in [1.807, 2.05) is 0 Å². The molecule has 1 saturated heterocycles. The summed E-state index contributed by atoms with van der Waals surface area (Å²) in [5.41, 5.74) is 0.302. The molecule has 9 nitrogen and oxygen atoms in total. The number of hydrogen-bond acceptors (Lipinski definition) is 6. The molecule has 1 aromatic rings. The van der Waals surface area contributed by atoms with Gasteiger partial charge in [-0.15, -0.1) is 0 Å². The summed E-state index contributed by atoms with van der Waals surface area (Å²) in [6.45, 7) is 12.1. The van der Waals surface area contributed by atoms with Gasteiger partial charge >= 0.3 is 0 Å². The summed E-state index contributed by atoms with van der Waals surface area (Å²) in [6, 6.07) is 4.44. The maximum absolute atomic E-state index is 12.9. The van der Waals surface area contributed by atoms with Crippen LogP contribution >= 0.6 is 0 Å². The summed E-state index contributed by atoms with van der Waals surface area (Å²) in [4.78, 5) is 29.0. The second-order valence-corrected chi connectivity index (χ2v) is 11.3. The number of piperidine rings is 1. The summed E-state index contributed by atoms with van der Waals surface area (Å²) in [6.07, 6.45) is 2.10. The Morgan fingerprint density at radius 2 is 1.85 bits per heavy atom. The minimum atomic E-state index is -3.71. The van der Waals surface area contributed by atoms with Crippen LogP contribution < -0.4 is 15.0 Å². The molecule has 1 fully saturated rings. The van der Waals surface area contributed by atoms with Crippen molar-refractivity contribution in [3.8, 4) is 5.75 Å². The van der Waals surface area contributed by atoms with E-state index in [1.165, 1.54) is 27.8 Å².